The number of rotatable bonds is 3. The molecule has 0 radical (unpaired) electrons. The third kappa shape index (κ3) is 2.34. The van der Waals surface area contributed by atoms with E-state index in [1.54, 1.807) is 12.3 Å². The highest BCUT2D eigenvalue weighted by atomic mass is 16.3. The van der Waals surface area contributed by atoms with E-state index < -0.39 is 0 Å². The molecule has 5 nitrogen and oxygen atoms in total. The lowest BCUT2D eigenvalue weighted by molar-refractivity contribution is -0.124. The zero-order valence-corrected chi connectivity index (χ0v) is 12.8. The molecule has 114 valence electrons. The summed E-state index contributed by atoms with van der Waals surface area (Å²) in [5.41, 5.74) is 0.641. The molecule has 1 N–H and O–H groups in total. The Kier molecular flexibility index (Phi) is 3.51. The zero-order valence-electron chi connectivity index (χ0n) is 12.8. The van der Waals surface area contributed by atoms with Crippen molar-refractivity contribution in [1.29, 1.82) is 0 Å². The van der Waals surface area contributed by atoms with Crippen molar-refractivity contribution in [2.45, 2.75) is 58.2 Å². The Bertz CT molecular complexity index is 564. The van der Waals surface area contributed by atoms with Gasteiger partial charge in [-0.15, -0.1) is 0 Å². The molecule has 0 spiro atoms. The van der Waals surface area contributed by atoms with Gasteiger partial charge in [0.1, 0.15) is 5.76 Å². The average molecular weight is 290 g/mol. The van der Waals surface area contributed by atoms with Crippen LogP contribution in [0.3, 0.4) is 0 Å². The van der Waals surface area contributed by atoms with Gasteiger partial charge in [0.05, 0.1) is 23.9 Å². The Morgan fingerprint density at radius 3 is 2.76 bits per heavy atom. The number of hydrogen-bond donors (Lipinski definition) is 1. The number of carbonyl (C=O) groups is 2. The summed E-state index contributed by atoms with van der Waals surface area (Å²) in [6.07, 6.45) is 4.42. The molecule has 0 saturated carbocycles. The van der Waals surface area contributed by atoms with Crippen molar-refractivity contribution in [3.8, 4) is 0 Å². The summed E-state index contributed by atoms with van der Waals surface area (Å²) in [5, 5.41) is 3.10. The van der Waals surface area contributed by atoms with Gasteiger partial charge in [-0.1, -0.05) is 13.8 Å². The zero-order chi connectivity index (χ0) is 15.1. The fourth-order valence-electron chi connectivity index (χ4n) is 3.56. The van der Waals surface area contributed by atoms with Crippen LogP contribution in [-0.2, 0) is 4.79 Å². The summed E-state index contributed by atoms with van der Waals surface area (Å²) in [6.45, 7) is 5.59. The van der Waals surface area contributed by atoms with Crippen LogP contribution in [0.1, 0.15) is 49.2 Å². The lowest BCUT2D eigenvalue weighted by Gasteiger charge is -2.25. The summed E-state index contributed by atoms with van der Waals surface area (Å²) >= 11 is 0. The molecule has 5 heteroatoms. The lowest BCUT2D eigenvalue weighted by atomic mass is 9.95. The Balaban J connectivity index is 1.75. The van der Waals surface area contributed by atoms with Crippen molar-refractivity contribution in [3.05, 3.63) is 23.7 Å². The van der Waals surface area contributed by atoms with Crippen molar-refractivity contribution in [3.63, 3.8) is 0 Å². The second kappa shape index (κ2) is 5.20. The number of furan rings is 1. The van der Waals surface area contributed by atoms with E-state index in [-0.39, 0.29) is 35.9 Å². The molecule has 3 rings (SSSR count). The van der Waals surface area contributed by atoms with Crippen molar-refractivity contribution < 1.29 is 14.0 Å². The van der Waals surface area contributed by atoms with Crippen LogP contribution in [0.4, 0.5) is 0 Å². The van der Waals surface area contributed by atoms with E-state index in [9.17, 15) is 9.59 Å². The number of hydrogen-bond acceptors (Lipinski definition) is 3. The first-order valence-corrected chi connectivity index (χ1v) is 7.66. The molecule has 2 aliphatic heterocycles. The lowest BCUT2D eigenvalue weighted by Crippen LogP contribution is -2.46. The van der Waals surface area contributed by atoms with Crippen LogP contribution in [0.5, 0.6) is 0 Å². The molecule has 0 aliphatic carbocycles. The standard InChI is InChI=1S/C16H22N2O3/c1-9(2)15(19)17-13-8-11-4-5-14(13)18(11)16(20)12-6-7-21-10(12)3/h6-7,9,11,13-14H,4-5,8H2,1-3H3,(H,17,19)/t11-,13+,14-/m0/s1. The molecular weight excluding hydrogens is 268 g/mol. The monoisotopic (exact) mass is 290 g/mol. The molecule has 1 aromatic rings. The van der Waals surface area contributed by atoms with Crippen LogP contribution in [0.25, 0.3) is 0 Å². The second-order valence-corrected chi connectivity index (χ2v) is 6.41. The average Bonchev–Trinajstić information content (AvgIpc) is 3.11. The smallest absolute Gasteiger partial charge is 0.257 e. The molecule has 2 saturated heterocycles. The van der Waals surface area contributed by atoms with Crippen LogP contribution in [0, 0.1) is 12.8 Å². The maximum absolute atomic E-state index is 12.7. The molecule has 0 unspecified atom stereocenters. The minimum absolute atomic E-state index is 0.0237. The van der Waals surface area contributed by atoms with Gasteiger partial charge in [-0.05, 0) is 32.3 Å². The van der Waals surface area contributed by atoms with Gasteiger partial charge in [0.2, 0.25) is 5.91 Å². The maximum Gasteiger partial charge on any atom is 0.257 e. The summed E-state index contributed by atoms with van der Waals surface area (Å²) < 4.78 is 5.24. The Hall–Kier alpha value is -1.78. The third-order valence-corrected chi connectivity index (χ3v) is 4.71. The molecule has 3 atom stereocenters. The molecule has 1 aromatic heterocycles. The Morgan fingerprint density at radius 1 is 1.38 bits per heavy atom. The van der Waals surface area contributed by atoms with Gasteiger partial charge in [0, 0.05) is 12.0 Å². The first kappa shape index (κ1) is 14.2. The van der Waals surface area contributed by atoms with Crippen LogP contribution in [0.15, 0.2) is 16.7 Å². The second-order valence-electron chi connectivity index (χ2n) is 6.41. The van der Waals surface area contributed by atoms with E-state index in [1.165, 1.54) is 0 Å². The molecule has 2 amide bonds. The number of nitrogens with one attached hydrogen (secondary N) is 1. The van der Waals surface area contributed by atoms with E-state index in [0.29, 0.717) is 11.3 Å². The molecule has 21 heavy (non-hydrogen) atoms. The van der Waals surface area contributed by atoms with E-state index in [1.807, 2.05) is 25.7 Å². The third-order valence-electron chi connectivity index (χ3n) is 4.71. The number of nitrogens with zero attached hydrogens (tertiary/aromatic N) is 1. The van der Waals surface area contributed by atoms with Gasteiger partial charge in [-0.2, -0.15) is 0 Å². The Labute approximate surface area is 124 Å². The van der Waals surface area contributed by atoms with Gasteiger partial charge in [-0.25, -0.2) is 0 Å². The number of amides is 2. The van der Waals surface area contributed by atoms with Crippen molar-refractivity contribution in [1.82, 2.24) is 10.2 Å². The van der Waals surface area contributed by atoms with E-state index in [0.717, 1.165) is 19.3 Å². The quantitative estimate of drug-likeness (QED) is 0.927. The first-order valence-electron chi connectivity index (χ1n) is 7.66. The van der Waals surface area contributed by atoms with E-state index >= 15 is 0 Å². The number of carbonyl (C=O) groups excluding carboxylic acids is 2. The molecule has 0 aromatic carbocycles. The summed E-state index contributed by atoms with van der Waals surface area (Å²) in [7, 11) is 0. The Morgan fingerprint density at radius 2 is 2.14 bits per heavy atom. The molecule has 2 bridgehead atoms. The van der Waals surface area contributed by atoms with Crippen molar-refractivity contribution in [2.75, 3.05) is 0 Å². The number of aryl methyl sites for hydroxylation is 1. The minimum atomic E-state index is -0.0237. The van der Waals surface area contributed by atoms with Crippen molar-refractivity contribution >= 4 is 11.8 Å². The topological polar surface area (TPSA) is 62.6 Å². The summed E-state index contributed by atoms with van der Waals surface area (Å²) in [6, 6.07) is 2.19. The minimum Gasteiger partial charge on any atom is -0.469 e. The molecule has 2 fully saturated rings. The van der Waals surface area contributed by atoms with Crippen molar-refractivity contribution in [2.24, 2.45) is 5.92 Å². The normalized spacial score (nSPS) is 27.4. The largest absolute Gasteiger partial charge is 0.469 e. The molecular formula is C16H22N2O3. The highest BCUT2D eigenvalue weighted by Crippen LogP contribution is 2.39. The fraction of sp³-hybridized carbons (Fsp3) is 0.625. The van der Waals surface area contributed by atoms with Crippen LogP contribution in [0.2, 0.25) is 0 Å². The highest BCUT2D eigenvalue weighted by Gasteiger charge is 2.49. The van der Waals surface area contributed by atoms with Gasteiger partial charge >= 0.3 is 0 Å². The van der Waals surface area contributed by atoms with E-state index in [2.05, 4.69) is 5.32 Å². The van der Waals surface area contributed by atoms with Crippen LogP contribution < -0.4 is 5.32 Å². The predicted molar refractivity (Wildman–Crippen MR) is 77.8 cm³/mol. The van der Waals surface area contributed by atoms with E-state index in [4.69, 9.17) is 4.42 Å². The fourth-order valence-corrected chi connectivity index (χ4v) is 3.56. The maximum atomic E-state index is 12.7. The molecule has 2 aliphatic rings. The van der Waals surface area contributed by atoms with Gasteiger partial charge < -0.3 is 14.6 Å². The predicted octanol–water partition coefficient (Wildman–Crippen LogP) is 2.11. The van der Waals surface area contributed by atoms with Gasteiger partial charge in [0.15, 0.2) is 0 Å². The van der Waals surface area contributed by atoms with Gasteiger partial charge in [0.25, 0.3) is 5.91 Å². The highest BCUT2D eigenvalue weighted by molar-refractivity contribution is 5.96. The first-order chi connectivity index (χ1) is 9.99. The molecule has 3 heterocycles. The SMILES string of the molecule is Cc1occc1C(=O)N1[C@H]2CC[C@H]1[C@H](NC(=O)C(C)C)C2. The number of fused-ring (bicyclic) bond motifs is 2. The summed E-state index contributed by atoms with van der Waals surface area (Å²) in [4.78, 5) is 26.6. The van der Waals surface area contributed by atoms with Gasteiger partial charge in [-0.3, -0.25) is 9.59 Å². The van der Waals surface area contributed by atoms with Crippen LogP contribution >= 0.6 is 0 Å². The van der Waals surface area contributed by atoms with Crippen LogP contribution in [-0.4, -0.2) is 34.8 Å². The summed E-state index contributed by atoms with van der Waals surface area (Å²) in [5.74, 6) is 0.743.